The van der Waals surface area contributed by atoms with Crippen molar-refractivity contribution in [3.63, 3.8) is 0 Å². The highest BCUT2D eigenvalue weighted by molar-refractivity contribution is 5.90. The first-order valence-electron chi connectivity index (χ1n) is 4.48. The molecule has 4 nitrogen and oxygen atoms in total. The highest BCUT2D eigenvalue weighted by Gasteiger charge is 2.29. The zero-order chi connectivity index (χ0) is 10.5. The lowest BCUT2D eigenvalue weighted by molar-refractivity contribution is -0.163. The van der Waals surface area contributed by atoms with Crippen molar-refractivity contribution in [2.75, 3.05) is 0 Å². The highest BCUT2D eigenvalue weighted by Crippen LogP contribution is 2.08. The van der Waals surface area contributed by atoms with Gasteiger partial charge in [0.25, 0.3) is 0 Å². The van der Waals surface area contributed by atoms with Crippen molar-refractivity contribution in [1.29, 1.82) is 0 Å². The van der Waals surface area contributed by atoms with Crippen LogP contribution < -0.4 is 5.73 Å². The minimum absolute atomic E-state index is 0.255. The molecule has 13 heavy (non-hydrogen) atoms. The van der Waals surface area contributed by atoms with Gasteiger partial charge in [0.1, 0.15) is 5.54 Å². The van der Waals surface area contributed by atoms with Crippen LogP contribution in [-0.4, -0.2) is 17.5 Å². The minimum atomic E-state index is -1.05. The molecule has 0 amide bonds. The summed E-state index contributed by atoms with van der Waals surface area (Å²) in [6.45, 7) is 5.16. The van der Waals surface area contributed by atoms with Gasteiger partial charge < -0.3 is 10.5 Å². The third kappa shape index (κ3) is 4.03. The number of carbonyl (C=O) groups is 2. The number of esters is 2. The number of hydrogen-bond acceptors (Lipinski definition) is 4. The van der Waals surface area contributed by atoms with Crippen LogP contribution in [-0.2, 0) is 14.3 Å². The van der Waals surface area contributed by atoms with Crippen LogP contribution in [0.3, 0.4) is 0 Å². The molecule has 0 saturated heterocycles. The summed E-state index contributed by atoms with van der Waals surface area (Å²) in [6.07, 6.45) is 1.37. The smallest absolute Gasteiger partial charge is 0.333 e. The SMILES string of the molecule is CCCC(=O)OC(=O)C(C)(N)CC. The molecule has 0 aromatic rings. The van der Waals surface area contributed by atoms with Crippen LogP contribution in [0.25, 0.3) is 0 Å². The predicted molar refractivity (Wildman–Crippen MR) is 48.9 cm³/mol. The fourth-order valence-corrected chi connectivity index (χ4v) is 0.619. The van der Waals surface area contributed by atoms with Crippen molar-refractivity contribution >= 4 is 11.9 Å². The summed E-state index contributed by atoms with van der Waals surface area (Å²) >= 11 is 0. The van der Waals surface area contributed by atoms with E-state index in [0.717, 1.165) is 0 Å². The van der Waals surface area contributed by atoms with Gasteiger partial charge in [-0.15, -0.1) is 0 Å². The Morgan fingerprint density at radius 1 is 1.38 bits per heavy atom. The number of nitrogens with two attached hydrogens (primary N) is 1. The fraction of sp³-hybridized carbons (Fsp3) is 0.778. The maximum Gasteiger partial charge on any atom is 0.333 e. The first kappa shape index (κ1) is 12.1. The second kappa shape index (κ2) is 4.97. The van der Waals surface area contributed by atoms with Crippen LogP contribution in [0.5, 0.6) is 0 Å². The molecule has 0 heterocycles. The molecule has 0 spiro atoms. The predicted octanol–water partition coefficient (Wildman–Crippen LogP) is 0.984. The lowest BCUT2D eigenvalue weighted by Gasteiger charge is -2.19. The molecule has 1 unspecified atom stereocenters. The Kier molecular flexibility index (Phi) is 4.62. The maximum atomic E-state index is 11.2. The van der Waals surface area contributed by atoms with E-state index in [1.54, 1.807) is 13.8 Å². The van der Waals surface area contributed by atoms with Gasteiger partial charge in [-0.1, -0.05) is 13.8 Å². The van der Waals surface area contributed by atoms with Crippen molar-refractivity contribution in [3.05, 3.63) is 0 Å². The van der Waals surface area contributed by atoms with E-state index in [4.69, 9.17) is 5.73 Å². The van der Waals surface area contributed by atoms with Gasteiger partial charge in [0, 0.05) is 6.42 Å². The molecule has 0 aromatic heterocycles. The monoisotopic (exact) mass is 187 g/mol. The molecule has 1 atom stereocenters. The highest BCUT2D eigenvalue weighted by atomic mass is 16.6. The van der Waals surface area contributed by atoms with E-state index in [-0.39, 0.29) is 6.42 Å². The van der Waals surface area contributed by atoms with E-state index < -0.39 is 17.5 Å². The normalized spacial score (nSPS) is 14.8. The Hall–Kier alpha value is -0.900. The number of hydrogen-bond donors (Lipinski definition) is 1. The molecule has 0 aliphatic heterocycles. The van der Waals surface area contributed by atoms with E-state index >= 15 is 0 Å². The van der Waals surface area contributed by atoms with Crippen molar-refractivity contribution in [2.45, 2.75) is 45.6 Å². The molecule has 0 bridgehead atoms. The van der Waals surface area contributed by atoms with Crippen LogP contribution in [0.4, 0.5) is 0 Å². The Morgan fingerprint density at radius 3 is 2.31 bits per heavy atom. The molecule has 0 aliphatic carbocycles. The second-order valence-corrected chi connectivity index (χ2v) is 3.28. The lowest BCUT2D eigenvalue weighted by Crippen LogP contribution is -2.46. The number of carbonyl (C=O) groups excluding carboxylic acids is 2. The fourth-order valence-electron chi connectivity index (χ4n) is 0.619. The third-order valence-corrected chi connectivity index (χ3v) is 1.86. The Labute approximate surface area is 78.4 Å². The first-order valence-corrected chi connectivity index (χ1v) is 4.48. The molecule has 0 aromatic carbocycles. The minimum Gasteiger partial charge on any atom is -0.392 e. The molecule has 0 fully saturated rings. The van der Waals surface area contributed by atoms with Gasteiger partial charge >= 0.3 is 11.9 Å². The summed E-state index contributed by atoms with van der Waals surface area (Å²) in [7, 11) is 0. The number of ether oxygens (including phenoxy) is 1. The van der Waals surface area contributed by atoms with Crippen LogP contribution >= 0.6 is 0 Å². The summed E-state index contributed by atoms with van der Waals surface area (Å²) in [6, 6.07) is 0. The Balaban J connectivity index is 4.07. The van der Waals surface area contributed by atoms with E-state index in [1.807, 2.05) is 6.92 Å². The van der Waals surface area contributed by atoms with Gasteiger partial charge in [-0.25, -0.2) is 4.79 Å². The van der Waals surface area contributed by atoms with E-state index in [1.165, 1.54) is 0 Å². The van der Waals surface area contributed by atoms with Gasteiger partial charge in [-0.2, -0.15) is 0 Å². The quantitative estimate of drug-likeness (QED) is 0.526. The van der Waals surface area contributed by atoms with Gasteiger partial charge in [-0.05, 0) is 19.8 Å². The largest absolute Gasteiger partial charge is 0.392 e. The molecule has 76 valence electrons. The maximum absolute atomic E-state index is 11.2. The van der Waals surface area contributed by atoms with Crippen LogP contribution in [0.2, 0.25) is 0 Å². The zero-order valence-corrected chi connectivity index (χ0v) is 8.42. The summed E-state index contributed by atoms with van der Waals surface area (Å²) in [4.78, 5) is 22.1. The van der Waals surface area contributed by atoms with Crippen LogP contribution in [0.15, 0.2) is 0 Å². The van der Waals surface area contributed by atoms with Gasteiger partial charge in [0.15, 0.2) is 0 Å². The standard InChI is InChI=1S/C9H17NO3/c1-4-6-7(11)13-8(12)9(3,10)5-2/h4-6,10H2,1-3H3. The molecule has 4 heteroatoms. The topological polar surface area (TPSA) is 69.4 Å². The molecule has 0 aliphatic rings. The molecule has 0 radical (unpaired) electrons. The van der Waals surface area contributed by atoms with Crippen LogP contribution in [0, 0.1) is 0 Å². The summed E-state index contributed by atoms with van der Waals surface area (Å²) in [5, 5.41) is 0. The Bertz CT molecular complexity index is 199. The van der Waals surface area contributed by atoms with Crippen molar-refractivity contribution in [3.8, 4) is 0 Å². The molecule has 0 rings (SSSR count). The molecule has 2 N–H and O–H groups in total. The van der Waals surface area contributed by atoms with Gasteiger partial charge in [0.05, 0.1) is 0 Å². The van der Waals surface area contributed by atoms with Crippen LogP contribution in [0.1, 0.15) is 40.0 Å². The molecular formula is C9H17NO3. The molecule has 0 saturated carbocycles. The molecular weight excluding hydrogens is 170 g/mol. The summed E-state index contributed by atoms with van der Waals surface area (Å²) in [5.41, 5.74) is 4.53. The van der Waals surface area contributed by atoms with Crippen molar-refractivity contribution in [1.82, 2.24) is 0 Å². The summed E-state index contributed by atoms with van der Waals surface area (Å²) in [5.74, 6) is -1.15. The first-order chi connectivity index (χ1) is 5.94. The van der Waals surface area contributed by atoms with Gasteiger partial charge in [-0.3, -0.25) is 4.79 Å². The van der Waals surface area contributed by atoms with E-state index in [9.17, 15) is 9.59 Å². The van der Waals surface area contributed by atoms with Crippen molar-refractivity contribution < 1.29 is 14.3 Å². The van der Waals surface area contributed by atoms with Crippen molar-refractivity contribution in [2.24, 2.45) is 5.73 Å². The zero-order valence-electron chi connectivity index (χ0n) is 8.42. The van der Waals surface area contributed by atoms with E-state index in [0.29, 0.717) is 12.8 Å². The second-order valence-electron chi connectivity index (χ2n) is 3.28. The average Bonchev–Trinajstić information content (AvgIpc) is 2.04. The van der Waals surface area contributed by atoms with Gasteiger partial charge in [0.2, 0.25) is 0 Å². The number of rotatable bonds is 4. The summed E-state index contributed by atoms with van der Waals surface area (Å²) < 4.78 is 4.54. The average molecular weight is 187 g/mol. The lowest BCUT2D eigenvalue weighted by atomic mass is 10.0. The third-order valence-electron chi connectivity index (χ3n) is 1.86. The van der Waals surface area contributed by atoms with E-state index in [2.05, 4.69) is 4.74 Å². The Morgan fingerprint density at radius 2 is 1.92 bits per heavy atom.